The third kappa shape index (κ3) is 3.34. The molecule has 0 unspecified atom stereocenters. The predicted molar refractivity (Wildman–Crippen MR) is 90.6 cm³/mol. The van der Waals surface area contributed by atoms with E-state index in [9.17, 15) is 13.2 Å². The number of piperidine rings is 1. The van der Waals surface area contributed by atoms with Crippen LogP contribution in [-0.2, 0) is 10.0 Å². The SMILES string of the molecule is O=C(O)c1ccc(S(=O)(=O)N2CCC(c3ccccc3)CC2)cc1. The van der Waals surface area contributed by atoms with Gasteiger partial charge in [0, 0.05) is 13.1 Å². The van der Waals surface area contributed by atoms with E-state index in [1.807, 2.05) is 18.2 Å². The number of hydrogen-bond acceptors (Lipinski definition) is 3. The Labute approximate surface area is 141 Å². The van der Waals surface area contributed by atoms with Crippen LogP contribution in [-0.4, -0.2) is 36.9 Å². The largest absolute Gasteiger partial charge is 0.478 e. The maximum atomic E-state index is 12.7. The Morgan fingerprint density at radius 3 is 2.08 bits per heavy atom. The number of aromatic carboxylic acids is 1. The van der Waals surface area contributed by atoms with Crippen LogP contribution < -0.4 is 0 Å². The van der Waals surface area contributed by atoms with E-state index in [-0.39, 0.29) is 10.5 Å². The Kier molecular flexibility index (Phi) is 4.69. The van der Waals surface area contributed by atoms with E-state index in [4.69, 9.17) is 5.11 Å². The van der Waals surface area contributed by atoms with Crippen LogP contribution in [0.2, 0.25) is 0 Å². The Hall–Kier alpha value is -2.18. The molecule has 1 heterocycles. The highest BCUT2D eigenvalue weighted by atomic mass is 32.2. The van der Waals surface area contributed by atoms with Gasteiger partial charge in [-0.2, -0.15) is 4.31 Å². The summed E-state index contributed by atoms with van der Waals surface area (Å²) in [7, 11) is -3.57. The lowest BCUT2D eigenvalue weighted by Crippen LogP contribution is -2.37. The van der Waals surface area contributed by atoms with Gasteiger partial charge in [-0.05, 0) is 48.6 Å². The van der Waals surface area contributed by atoms with Crippen molar-refractivity contribution in [2.75, 3.05) is 13.1 Å². The molecule has 0 saturated carbocycles. The minimum atomic E-state index is -3.57. The van der Waals surface area contributed by atoms with Gasteiger partial charge in [-0.25, -0.2) is 13.2 Å². The predicted octanol–water partition coefficient (Wildman–Crippen LogP) is 2.95. The average Bonchev–Trinajstić information content (AvgIpc) is 2.62. The molecule has 1 saturated heterocycles. The van der Waals surface area contributed by atoms with Crippen LogP contribution in [0.4, 0.5) is 0 Å². The highest BCUT2D eigenvalue weighted by Crippen LogP contribution is 2.30. The second kappa shape index (κ2) is 6.75. The third-order valence-electron chi connectivity index (χ3n) is 4.46. The Bertz CT molecular complexity index is 808. The molecule has 0 spiro atoms. The summed E-state index contributed by atoms with van der Waals surface area (Å²) in [4.78, 5) is 11.0. The fourth-order valence-electron chi connectivity index (χ4n) is 3.07. The average molecular weight is 345 g/mol. The first kappa shape index (κ1) is 16.7. The van der Waals surface area contributed by atoms with Gasteiger partial charge < -0.3 is 5.11 Å². The van der Waals surface area contributed by atoms with Gasteiger partial charge in [0.05, 0.1) is 10.5 Å². The number of carboxylic acid groups (broad SMARTS) is 1. The number of benzene rings is 2. The van der Waals surface area contributed by atoms with Crippen molar-refractivity contribution in [1.82, 2.24) is 4.31 Å². The summed E-state index contributed by atoms with van der Waals surface area (Å²) in [6.45, 7) is 0.950. The van der Waals surface area contributed by atoms with E-state index in [0.717, 1.165) is 12.8 Å². The van der Waals surface area contributed by atoms with Gasteiger partial charge in [-0.1, -0.05) is 30.3 Å². The quantitative estimate of drug-likeness (QED) is 0.924. The van der Waals surface area contributed by atoms with Crippen molar-refractivity contribution in [3.05, 3.63) is 65.7 Å². The lowest BCUT2D eigenvalue weighted by Gasteiger charge is -2.31. The molecule has 6 heteroatoms. The summed E-state index contributed by atoms with van der Waals surface area (Å²) in [5.74, 6) is -0.686. The van der Waals surface area contributed by atoms with E-state index in [0.29, 0.717) is 19.0 Å². The first-order valence-electron chi connectivity index (χ1n) is 7.87. The van der Waals surface area contributed by atoms with Crippen LogP contribution in [0.1, 0.15) is 34.7 Å². The number of rotatable bonds is 4. The van der Waals surface area contributed by atoms with Gasteiger partial charge >= 0.3 is 5.97 Å². The molecule has 0 aromatic heterocycles. The van der Waals surface area contributed by atoms with Gasteiger partial charge in [-0.3, -0.25) is 0 Å². The third-order valence-corrected chi connectivity index (χ3v) is 6.38. The van der Waals surface area contributed by atoms with Gasteiger partial charge in [0.1, 0.15) is 0 Å². The highest BCUT2D eigenvalue weighted by Gasteiger charge is 2.29. The molecular formula is C18H19NO4S. The topological polar surface area (TPSA) is 74.7 Å². The van der Waals surface area contributed by atoms with E-state index in [2.05, 4.69) is 12.1 Å². The molecule has 126 valence electrons. The second-order valence-electron chi connectivity index (χ2n) is 5.92. The summed E-state index contributed by atoms with van der Waals surface area (Å²) < 4.78 is 26.9. The van der Waals surface area contributed by atoms with Crippen molar-refractivity contribution in [2.45, 2.75) is 23.7 Å². The van der Waals surface area contributed by atoms with Crippen LogP contribution in [0, 0.1) is 0 Å². The summed E-state index contributed by atoms with van der Waals surface area (Å²) in [5.41, 5.74) is 1.33. The van der Waals surface area contributed by atoms with Gasteiger partial charge in [0.2, 0.25) is 10.0 Å². The maximum absolute atomic E-state index is 12.7. The van der Waals surface area contributed by atoms with Crippen LogP contribution in [0.5, 0.6) is 0 Å². The fourth-order valence-corrected chi connectivity index (χ4v) is 4.54. The van der Waals surface area contributed by atoms with Crippen molar-refractivity contribution < 1.29 is 18.3 Å². The molecule has 0 radical (unpaired) electrons. The molecule has 0 bridgehead atoms. The first-order valence-corrected chi connectivity index (χ1v) is 9.31. The van der Waals surface area contributed by atoms with E-state index in [1.54, 1.807) is 0 Å². The lowest BCUT2D eigenvalue weighted by atomic mass is 9.90. The normalized spacial score (nSPS) is 16.8. The smallest absolute Gasteiger partial charge is 0.335 e. The van der Waals surface area contributed by atoms with Crippen molar-refractivity contribution >= 4 is 16.0 Å². The number of sulfonamides is 1. The van der Waals surface area contributed by atoms with Crippen LogP contribution in [0.3, 0.4) is 0 Å². The summed E-state index contributed by atoms with van der Waals surface area (Å²) in [6, 6.07) is 15.5. The second-order valence-corrected chi connectivity index (χ2v) is 7.86. The molecule has 0 amide bonds. The monoisotopic (exact) mass is 345 g/mol. The number of nitrogens with zero attached hydrogens (tertiary/aromatic N) is 1. The highest BCUT2D eigenvalue weighted by molar-refractivity contribution is 7.89. The first-order chi connectivity index (χ1) is 11.5. The molecule has 0 atom stereocenters. The molecule has 1 aliphatic rings. The summed E-state index contributed by atoms with van der Waals surface area (Å²) >= 11 is 0. The summed E-state index contributed by atoms with van der Waals surface area (Å²) in [5, 5.41) is 8.90. The molecule has 2 aromatic carbocycles. The molecule has 24 heavy (non-hydrogen) atoms. The van der Waals surface area contributed by atoms with Crippen molar-refractivity contribution in [1.29, 1.82) is 0 Å². The molecule has 1 N–H and O–H groups in total. The van der Waals surface area contributed by atoms with E-state index >= 15 is 0 Å². The molecule has 3 rings (SSSR count). The number of hydrogen-bond donors (Lipinski definition) is 1. The lowest BCUT2D eigenvalue weighted by molar-refractivity contribution is 0.0696. The van der Waals surface area contributed by atoms with Crippen molar-refractivity contribution in [3.63, 3.8) is 0 Å². The fraction of sp³-hybridized carbons (Fsp3) is 0.278. The van der Waals surface area contributed by atoms with Crippen molar-refractivity contribution in [3.8, 4) is 0 Å². The van der Waals surface area contributed by atoms with Gasteiger partial charge in [-0.15, -0.1) is 0 Å². The van der Waals surface area contributed by atoms with E-state index < -0.39 is 16.0 Å². The standard InChI is InChI=1S/C18H19NO4S/c20-18(21)16-6-8-17(9-7-16)24(22,23)19-12-10-15(11-13-19)14-4-2-1-3-5-14/h1-9,15H,10-13H2,(H,20,21). The van der Waals surface area contributed by atoms with Gasteiger partial charge in [0.15, 0.2) is 0 Å². The molecule has 5 nitrogen and oxygen atoms in total. The van der Waals surface area contributed by atoms with Gasteiger partial charge in [0.25, 0.3) is 0 Å². The minimum absolute atomic E-state index is 0.0803. The zero-order valence-electron chi connectivity index (χ0n) is 13.1. The van der Waals surface area contributed by atoms with Crippen molar-refractivity contribution in [2.24, 2.45) is 0 Å². The van der Waals surface area contributed by atoms with Crippen LogP contribution in [0.15, 0.2) is 59.5 Å². The Balaban J connectivity index is 1.72. The van der Waals surface area contributed by atoms with Crippen LogP contribution in [0.25, 0.3) is 0 Å². The maximum Gasteiger partial charge on any atom is 0.335 e. The van der Waals surface area contributed by atoms with Crippen LogP contribution >= 0.6 is 0 Å². The zero-order valence-corrected chi connectivity index (χ0v) is 13.9. The Morgan fingerprint density at radius 2 is 1.54 bits per heavy atom. The molecule has 1 fully saturated rings. The molecular weight excluding hydrogens is 326 g/mol. The minimum Gasteiger partial charge on any atom is -0.478 e. The molecule has 2 aromatic rings. The number of carbonyl (C=O) groups is 1. The zero-order chi connectivity index (χ0) is 17.2. The summed E-state index contributed by atoms with van der Waals surface area (Å²) in [6.07, 6.45) is 1.58. The van der Waals surface area contributed by atoms with E-state index in [1.165, 1.54) is 34.1 Å². The molecule has 1 aliphatic heterocycles. The molecule has 0 aliphatic carbocycles. The Morgan fingerprint density at radius 1 is 0.958 bits per heavy atom. The number of carboxylic acids is 1.